The van der Waals surface area contributed by atoms with Gasteiger partial charge in [0.1, 0.15) is 0 Å². The van der Waals surface area contributed by atoms with Gasteiger partial charge in [0.15, 0.2) is 0 Å². The highest BCUT2D eigenvalue weighted by Gasteiger charge is 2.36. The Balaban J connectivity index is 1.67. The number of rotatable bonds is 4. The molecular weight excluding hydrogens is 372 g/mol. The lowest BCUT2D eigenvalue weighted by molar-refractivity contribution is -0.135. The molecule has 1 aromatic heterocycles. The van der Waals surface area contributed by atoms with Crippen molar-refractivity contribution in [2.45, 2.75) is 13.0 Å². The number of carbonyl (C=O) groups is 2. The average Bonchev–Trinajstić information content (AvgIpc) is 3.12. The fourth-order valence-corrected chi connectivity index (χ4v) is 3.37. The van der Waals surface area contributed by atoms with Gasteiger partial charge in [0.05, 0.1) is 12.1 Å². The Morgan fingerprint density at radius 1 is 1.46 bits per heavy atom. The molecule has 1 fully saturated rings. The fourth-order valence-electron chi connectivity index (χ4n) is 2.98. The van der Waals surface area contributed by atoms with Crippen LogP contribution in [0.15, 0.2) is 41.1 Å². The lowest BCUT2D eigenvalue weighted by Gasteiger charge is -2.21. The second kappa shape index (κ2) is 6.76. The van der Waals surface area contributed by atoms with Crippen molar-refractivity contribution in [2.75, 3.05) is 18.5 Å². The van der Waals surface area contributed by atoms with Gasteiger partial charge < -0.3 is 9.80 Å². The van der Waals surface area contributed by atoms with Crippen molar-refractivity contribution < 1.29 is 9.59 Å². The van der Waals surface area contributed by atoms with E-state index in [4.69, 9.17) is 0 Å². The molecule has 6 nitrogen and oxygen atoms in total. The van der Waals surface area contributed by atoms with E-state index < -0.39 is 0 Å². The standard InChI is InChI=1S/C17H19BrN4O2/c1-20(9-12-8-19-21(2)10-12)17(24)13-6-16(23)22(11-13)15-5-3-4-14(18)7-15/h3-5,7-8,10,13H,6,9,11H2,1-2H3/t13-/m1/s1. The molecule has 0 radical (unpaired) electrons. The summed E-state index contributed by atoms with van der Waals surface area (Å²) >= 11 is 3.41. The van der Waals surface area contributed by atoms with Gasteiger partial charge in [0.25, 0.3) is 0 Å². The lowest BCUT2D eigenvalue weighted by Crippen LogP contribution is -2.34. The summed E-state index contributed by atoms with van der Waals surface area (Å²) in [6.45, 7) is 0.916. The summed E-state index contributed by atoms with van der Waals surface area (Å²) in [7, 11) is 3.61. The van der Waals surface area contributed by atoms with E-state index >= 15 is 0 Å². The van der Waals surface area contributed by atoms with Crippen molar-refractivity contribution in [1.29, 1.82) is 0 Å². The van der Waals surface area contributed by atoms with Crippen molar-refractivity contribution in [3.05, 3.63) is 46.7 Å². The van der Waals surface area contributed by atoms with Gasteiger partial charge in [-0.05, 0) is 18.2 Å². The van der Waals surface area contributed by atoms with Gasteiger partial charge in [-0.2, -0.15) is 5.10 Å². The Morgan fingerprint density at radius 3 is 2.92 bits per heavy atom. The summed E-state index contributed by atoms with van der Waals surface area (Å²) in [6.07, 6.45) is 3.89. The summed E-state index contributed by atoms with van der Waals surface area (Å²) in [6, 6.07) is 7.57. The van der Waals surface area contributed by atoms with Crippen LogP contribution < -0.4 is 4.90 Å². The number of hydrogen-bond acceptors (Lipinski definition) is 3. The normalized spacial score (nSPS) is 17.4. The smallest absolute Gasteiger partial charge is 0.228 e. The van der Waals surface area contributed by atoms with Crippen molar-refractivity contribution in [3.8, 4) is 0 Å². The van der Waals surface area contributed by atoms with Crippen LogP contribution in [-0.4, -0.2) is 40.1 Å². The van der Waals surface area contributed by atoms with Crippen LogP contribution in [0.3, 0.4) is 0 Å². The summed E-state index contributed by atoms with van der Waals surface area (Å²) in [4.78, 5) is 28.3. The van der Waals surface area contributed by atoms with Gasteiger partial charge >= 0.3 is 0 Å². The SMILES string of the molecule is CN(Cc1cnn(C)c1)C(=O)[C@@H]1CC(=O)N(c2cccc(Br)c2)C1. The van der Waals surface area contributed by atoms with Gasteiger partial charge in [-0.3, -0.25) is 14.3 Å². The van der Waals surface area contributed by atoms with Gasteiger partial charge in [-0.1, -0.05) is 22.0 Å². The van der Waals surface area contributed by atoms with Crippen LogP contribution in [0, 0.1) is 5.92 Å². The molecule has 0 bridgehead atoms. The molecule has 0 aliphatic carbocycles. The molecule has 3 rings (SSSR count). The van der Waals surface area contributed by atoms with Crippen LogP contribution in [-0.2, 0) is 23.2 Å². The molecule has 1 aromatic carbocycles. The molecule has 0 unspecified atom stereocenters. The number of anilines is 1. The number of carbonyl (C=O) groups excluding carboxylic acids is 2. The minimum absolute atomic E-state index is 0.00954. The highest BCUT2D eigenvalue weighted by atomic mass is 79.9. The first-order valence-electron chi connectivity index (χ1n) is 7.72. The number of aromatic nitrogens is 2. The molecule has 0 saturated carbocycles. The second-order valence-electron chi connectivity index (χ2n) is 6.10. The Hall–Kier alpha value is -2.15. The maximum atomic E-state index is 12.7. The Bertz CT molecular complexity index is 773. The van der Waals surface area contributed by atoms with Gasteiger partial charge in [-0.25, -0.2) is 0 Å². The summed E-state index contributed by atoms with van der Waals surface area (Å²) in [5.41, 5.74) is 1.79. The molecule has 1 atom stereocenters. The zero-order valence-electron chi connectivity index (χ0n) is 13.6. The van der Waals surface area contributed by atoms with E-state index in [2.05, 4.69) is 21.0 Å². The van der Waals surface area contributed by atoms with Crippen LogP contribution in [0.1, 0.15) is 12.0 Å². The third-order valence-electron chi connectivity index (χ3n) is 4.15. The predicted molar refractivity (Wildman–Crippen MR) is 94.3 cm³/mol. The fraction of sp³-hybridized carbons (Fsp3) is 0.353. The minimum atomic E-state index is -0.307. The van der Waals surface area contributed by atoms with Crippen molar-refractivity contribution in [2.24, 2.45) is 13.0 Å². The quantitative estimate of drug-likeness (QED) is 0.803. The molecule has 2 aromatic rings. The summed E-state index contributed by atoms with van der Waals surface area (Å²) in [5.74, 6) is -0.330. The number of hydrogen-bond donors (Lipinski definition) is 0. The summed E-state index contributed by atoms with van der Waals surface area (Å²) < 4.78 is 2.62. The first-order chi connectivity index (χ1) is 11.4. The summed E-state index contributed by atoms with van der Waals surface area (Å²) in [5, 5.41) is 4.11. The van der Waals surface area contributed by atoms with Crippen molar-refractivity contribution in [1.82, 2.24) is 14.7 Å². The topological polar surface area (TPSA) is 58.4 Å². The first-order valence-corrected chi connectivity index (χ1v) is 8.52. The van der Waals surface area contributed by atoms with E-state index in [1.54, 1.807) is 27.7 Å². The van der Waals surface area contributed by atoms with Gasteiger partial charge in [0, 0.05) is 55.5 Å². The number of aryl methyl sites for hydroxylation is 1. The lowest BCUT2D eigenvalue weighted by atomic mass is 10.1. The van der Waals surface area contributed by atoms with E-state index in [-0.39, 0.29) is 24.2 Å². The molecule has 2 heterocycles. The monoisotopic (exact) mass is 390 g/mol. The highest BCUT2D eigenvalue weighted by Crippen LogP contribution is 2.28. The van der Waals surface area contributed by atoms with Gasteiger partial charge in [0.2, 0.25) is 11.8 Å². The van der Waals surface area contributed by atoms with E-state index in [0.29, 0.717) is 13.1 Å². The van der Waals surface area contributed by atoms with Crippen LogP contribution in [0.25, 0.3) is 0 Å². The third kappa shape index (κ3) is 3.51. The maximum absolute atomic E-state index is 12.7. The van der Waals surface area contributed by atoms with E-state index in [1.165, 1.54) is 0 Å². The van der Waals surface area contributed by atoms with Crippen molar-refractivity contribution >= 4 is 33.4 Å². The number of halogens is 1. The zero-order valence-corrected chi connectivity index (χ0v) is 15.2. The highest BCUT2D eigenvalue weighted by molar-refractivity contribution is 9.10. The van der Waals surface area contributed by atoms with Crippen molar-refractivity contribution in [3.63, 3.8) is 0 Å². The largest absolute Gasteiger partial charge is 0.341 e. The van der Waals surface area contributed by atoms with Gasteiger partial charge in [-0.15, -0.1) is 0 Å². The molecule has 1 saturated heterocycles. The number of nitrogens with zero attached hydrogens (tertiary/aromatic N) is 4. The van der Waals surface area contributed by atoms with E-state index in [1.807, 2.05) is 37.5 Å². The molecular formula is C17H19BrN4O2. The number of amides is 2. The minimum Gasteiger partial charge on any atom is -0.341 e. The number of benzene rings is 1. The molecule has 7 heteroatoms. The molecule has 1 aliphatic rings. The second-order valence-corrected chi connectivity index (χ2v) is 7.02. The predicted octanol–water partition coefficient (Wildman–Crippen LogP) is 2.19. The van der Waals surface area contributed by atoms with E-state index in [0.717, 1.165) is 15.7 Å². The molecule has 1 aliphatic heterocycles. The van der Waals surface area contributed by atoms with Crippen LogP contribution in [0.4, 0.5) is 5.69 Å². The molecule has 0 N–H and O–H groups in total. The molecule has 0 spiro atoms. The zero-order chi connectivity index (χ0) is 17.3. The Kier molecular flexibility index (Phi) is 4.71. The average molecular weight is 391 g/mol. The van der Waals surface area contributed by atoms with Crippen LogP contribution in [0.2, 0.25) is 0 Å². The first kappa shape index (κ1) is 16.7. The van der Waals surface area contributed by atoms with E-state index in [9.17, 15) is 9.59 Å². The molecule has 24 heavy (non-hydrogen) atoms. The molecule has 126 valence electrons. The maximum Gasteiger partial charge on any atom is 0.228 e. The molecule has 2 amide bonds. The Labute approximate surface area is 149 Å². The van der Waals surface area contributed by atoms with Crippen LogP contribution in [0.5, 0.6) is 0 Å². The third-order valence-corrected chi connectivity index (χ3v) is 4.64. The van der Waals surface area contributed by atoms with Crippen LogP contribution >= 0.6 is 15.9 Å². The Morgan fingerprint density at radius 2 is 2.25 bits per heavy atom.